The number of hydrogen-bond donors (Lipinski definition) is 2. The SMILES string of the molecule is C[Si](C)(C)CCOCc1n[nH]cc1-c1[nH]c(=O)c2ncsc2c1Br. The molecule has 3 aromatic heterocycles. The van der Waals surface area contributed by atoms with Gasteiger partial charge in [-0.2, -0.15) is 5.10 Å². The third-order valence-electron chi connectivity index (χ3n) is 3.66. The number of aromatic nitrogens is 4. The smallest absolute Gasteiger partial charge is 0.275 e. The number of pyridine rings is 1. The van der Waals surface area contributed by atoms with E-state index in [2.05, 4.69) is 55.7 Å². The van der Waals surface area contributed by atoms with Gasteiger partial charge in [-0.25, -0.2) is 4.98 Å². The Labute approximate surface area is 152 Å². The second-order valence-electron chi connectivity index (χ2n) is 6.78. The van der Waals surface area contributed by atoms with Gasteiger partial charge in [-0.05, 0) is 22.0 Å². The minimum absolute atomic E-state index is 0.198. The Bertz CT molecular complexity index is 912. The van der Waals surface area contributed by atoms with Crippen LogP contribution in [0.15, 0.2) is 21.0 Å². The molecule has 0 saturated carbocycles. The minimum Gasteiger partial charge on any atom is -0.375 e. The summed E-state index contributed by atoms with van der Waals surface area (Å²) in [6.45, 7) is 8.11. The lowest BCUT2D eigenvalue weighted by atomic mass is 10.1. The number of fused-ring (bicyclic) bond motifs is 1. The number of rotatable bonds is 6. The van der Waals surface area contributed by atoms with Gasteiger partial charge in [-0.15, -0.1) is 11.3 Å². The molecule has 9 heteroatoms. The molecule has 3 rings (SSSR count). The van der Waals surface area contributed by atoms with Crippen LogP contribution in [0.1, 0.15) is 5.69 Å². The first-order chi connectivity index (χ1) is 11.4. The molecule has 0 amide bonds. The van der Waals surface area contributed by atoms with Gasteiger partial charge in [-0.1, -0.05) is 19.6 Å². The van der Waals surface area contributed by atoms with Gasteiger partial charge in [0.1, 0.15) is 5.52 Å². The van der Waals surface area contributed by atoms with E-state index in [0.29, 0.717) is 17.8 Å². The van der Waals surface area contributed by atoms with E-state index in [1.54, 1.807) is 11.7 Å². The number of halogens is 1. The molecule has 0 spiro atoms. The number of aromatic amines is 2. The molecule has 2 N–H and O–H groups in total. The quantitative estimate of drug-likeness (QED) is 0.460. The first-order valence-electron chi connectivity index (χ1n) is 7.62. The molecule has 128 valence electrons. The summed E-state index contributed by atoms with van der Waals surface area (Å²) in [5, 5.41) is 7.14. The number of hydrogen-bond acceptors (Lipinski definition) is 5. The zero-order valence-corrected chi connectivity index (χ0v) is 17.2. The summed E-state index contributed by atoms with van der Waals surface area (Å²) in [5.41, 5.74) is 4.25. The molecule has 6 nitrogen and oxygen atoms in total. The van der Waals surface area contributed by atoms with Gasteiger partial charge in [0.05, 0.1) is 32.7 Å². The van der Waals surface area contributed by atoms with E-state index in [4.69, 9.17) is 4.74 Å². The second kappa shape index (κ2) is 6.91. The van der Waals surface area contributed by atoms with Crippen LogP contribution in [0.4, 0.5) is 0 Å². The van der Waals surface area contributed by atoms with Crippen LogP contribution in [-0.4, -0.2) is 34.8 Å². The molecular weight excluding hydrogens is 408 g/mol. The average Bonchev–Trinajstić information content (AvgIpc) is 3.15. The summed E-state index contributed by atoms with van der Waals surface area (Å²) in [4.78, 5) is 19.2. The van der Waals surface area contributed by atoms with E-state index in [1.807, 2.05) is 0 Å². The van der Waals surface area contributed by atoms with Gasteiger partial charge in [0.2, 0.25) is 0 Å². The molecular formula is C15H19BrN4O2SSi. The topological polar surface area (TPSA) is 83.7 Å². The highest BCUT2D eigenvalue weighted by Gasteiger charge is 2.18. The van der Waals surface area contributed by atoms with Gasteiger partial charge < -0.3 is 9.72 Å². The maximum absolute atomic E-state index is 12.2. The molecule has 0 unspecified atom stereocenters. The summed E-state index contributed by atoms with van der Waals surface area (Å²) in [5.74, 6) is 0. The molecule has 0 aliphatic rings. The van der Waals surface area contributed by atoms with Gasteiger partial charge in [0, 0.05) is 26.4 Å². The van der Waals surface area contributed by atoms with Crippen LogP contribution in [-0.2, 0) is 11.3 Å². The fourth-order valence-electron chi connectivity index (χ4n) is 2.28. The maximum atomic E-state index is 12.2. The summed E-state index contributed by atoms with van der Waals surface area (Å²) < 4.78 is 7.45. The highest BCUT2D eigenvalue weighted by Crippen LogP contribution is 2.34. The predicted molar refractivity (Wildman–Crippen MR) is 103 cm³/mol. The third kappa shape index (κ3) is 3.69. The maximum Gasteiger partial charge on any atom is 0.275 e. The van der Waals surface area contributed by atoms with Gasteiger partial charge >= 0.3 is 0 Å². The minimum atomic E-state index is -1.11. The van der Waals surface area contributed by atoms with Gasteiger partial charge in [-0.3, -0.25) is 9.89 Å². The van der Waals surface area contributed by atoms with E-state index in [1.165, 1.54) is 11.3 Å². The largest absolute Gasteiger partial charge is 0.375 e. The molecule has 0 radical (unpaired) electrons. The lowest BCUT2D eigenvalue weighted by Gasteiger charge is -2.15. The van der Waals surface area contributed by atoms with Crippen molar-refractivity contribution in [2.75, 3.05) is 6.61 Å². The molecule has 0 aliphatic heterocycles. The van der Waals surface area contributed by atoms with Crippen molar-refractivity contribution in [3.8, 4) is 11.3 Å². The molecule has 0 aliphatic carbocycles. The first kappa shape index (κ1) is 17.5. The Kier molecular flexibility index (Phi) is 5.04. The fraction of sp³-hybridized carbons (Fsp3) is 0.400. The molecule has 3 aromatic rings. The molecule has 0 atom stereocenters. The molecule has 0 saturated heterocycles. The Morgan fingerprint density at radius 1 is 1.38 bits per heavy atom. The van der Waals surface area contributed by atoms with Crippen LogP contribution in [0.5, 0.6) is 0 Å². The van der Waals surface area contributed by atoms with Crippen molar-refractivity contribution < 1.29 is 4.74 Å². The van der Waals surface area contributed by atoms with Crippen molar-refractivity contribution in [3.05, 3.63) is 32.2 Å². The van der Waals surface area contributed by atoms with Crippen molar-refractivity contribution >= 4 is 45.6 Å². The highest BCUT2D eigenvalue weighted by atomic mass is 79.9. The van der Waals surface area contributed by atoms with Crippen molar-refractivity contribution in [1.29, 1.82) is 0 Å². The van der Waals surface area contributed by atoms with Crippen LogP contribution in [0.3, 0.4) is 0 Å². The Morgan fingerprint density at radius 2 is 2.17 bits per heavy atom. The molecule has 3 heterocycles. The zero-order valence-electron chi connectivity index (χ0n) is 13.8. The lowest BCUT2D eigenvalue weighted by Crippen LogP contribution is -2.21. The van der Waals surface area contributed by atoms with Crippen LogP contribution >= 0.6 is 27.3 Å². The van der Waals surface area contributed by atoms with Crippen LogP contribution in [0.25, 0.3) is 21.5 Å². The van der Waals surface area contributed by atoms with E-state index < -0.39 is 8.07 Å². The van der Waals surface area contributed by atoms with Crippen molar-refractivity contribution in [1.82, 2.24) is 20.2 Å². The normalized spacial score (nSPS) is 12.2. The second-order valence-corrected chi connectivity index (χ2v) is 14.1. The standard InChI is InChI=1S/C15H19BrN4O2SSi/c1-24(2,3)5-4-22-7-10-9(6-18-20-10)12-11(16)14-13(15(21)19-12)17-8-23-14/h6,8H,4-5,7H2,1-3H3,(H,18,20)(H,19,21). The molecule has 0 bridgehead atoms. The summed E-state index contributed by atoms with van der Waals surface area (Å²) in [6, 6.07) is 1.11. The lowest BCUT2D eigenvalue weighted by molar-refractivity contribution is 0.131. The Balaban J connectivity index is 1.85. The van der Waals surface area contributed by atoms with E-state index in [-0.39, 0.29) is 5.56 Å². The van der Waals surface area contributed by atoms with Gasteiger partial charge in [0.15, 0.2) is 0 Å². The van der Waals surface area contributed by atoms with Crippen LogP contribution in [0.2, 0.25) is 25.7 Å². The fourth-order valence-corrected chi connectivity index (χ4v) is 4.55. The van der Waals surface area contributed by atoms with E-state index in [0.717, 1.165) is 33.1 Å². The number of thiazole rings is 1. The zero-order chi connectivity index (χ0) is 17.3. The molecule has 0 fully saturated rings. The van der Waals surface area contributed by atoms with Crippen molar-refractivity contribution in [2.45, 2.75) is 32.3 Å². The van der Waals surface area contributed by atoms with Crippen LogP contribution in [0, 0.1) is 0 Å². The third-order valence-corrected chi connectivity index (χ3v) is 7.27. The average molecular weight is 427 g/mol. The summed E-state index contributed by atoms with van der Waals surface area (Å²) in [7, 11) is -1.11. The summed E-state index contributed by atoms with van der Waals surface area (Å²) >= 11 is 5.02. The first-order valence-corrected chi connectivity index (χ1v) is 13.0. The number of H-pyrrole nitrogens is 2. The van der Waals surface area contributed by atoms with Crippen LogP contribution < -0.4 is 5.56 Å². The molecule has 24 heavy (non-hydrogen) atoms. The number of ether oxygens (including phenoxy) is 1. The monoisotopic (exact) mass is 426 g/mol. The van der Waals surface area contributed by atoms with Crippen molar-refractivity contribution in [2.24, 2.45) is 0 Å². The Morgan fingerprint density at radius 3 is 2.92 bits per heavy atom. The highest BCUT2D eigenvalue weighted by molar-refractivity contribution is 9.10. The van der Waals surface area contributed by atoms with Crippen molar-refractivity contribution in [3.63, 3.8) is 0 Å². The molecule has 0 aromatic carbocycles. The van der Waals surface area contributed by atoms with Gasteiger partial charge in [0.25, 0.3) is 5.56 Å². The Hall–Kier alpha value is -1.29. The number of nitrogens with zero attached hydrogens (tertiary/aromatic N) is 2. The predicted octanol–water partition coefficient (Wildman–Crippen LogP) is 3.99. The number of nitrogens with one attached hydrogen (secondary N) is 2. The van der Waals surface area contributed by atoms with E-state index in [9.17, 15) is 4.79 Å². The van der Waals surface area contributed by atoms with E-state index >= 15 is 0 Å². The summed E-state index contributed by atoms with van der Waals surface area (Å²) in [6.07, 6.45) is 1.78.